The first-order valence-corrected chi connectivity index (χ1v) is 8.57. The normalized spacial score (nSPS) is 11.0. The largest absolute Gasteiger partial charge is 0.394 e. The van der Waals surface area contributed by atoms with Gasteiger partial charge in [0.1, 0.15) is 5.82 Å². The molecule has 2 N–H and O–H groups in total. The van der Waals surface area contributed by atoms with Gasteiger partial charge >= 0.3 is 0 Å². The standard InChI is InChI=1S/C20H22FN3O2/c21-18-8-6-16(7-9-18)20-17(14-22-10-12-26-13-11-25)15-24(23-20)19-4-2-1-3-5-19/h1-9,15,22,25H,10-14H2. The van der Waals surface area contributed by atoms with Gasteiger partial charge in [-0.2, -0.15) is 5.10 Å². The molecule has 0 unspecified atom stereocenters. The molecule has 3 aromatic rings. The minimum absolute atomic E-state index is 0.0264. The molecular formula is C20H22FN3O2. The number of aromatic nitrogens is 2. The maximum atomic E-state index is 13.3. The second kappa shape index (κ2) is 9.24. The van der Waals surface area contributed by atoms with E-state index in [2.05, 4.69) is 5.32 Å². The van der Waals surface area contributed by atoms with Crippen LogP contribution in [0.1, 0.15) is 5.56 Å². The number of halogens is 1. The second-order valence-corrected chi connectivity index (χ2v) is 5.80. The zero-order valence-electron chi connectivity index (χ0n) is 14.4. The van der Waals surface area contributed by atoms with Crippen LogP contribution in [0.15, 0.2) is 60.8 Å². The lowest BCUT2D eigenvalue weighted by atomic mass is 10.1. The molecule has 0 amide bonds. The maximum Gasteiger partial charge on any atom is 0.123 e. The monoisotopic (exact) mass is 355 g/mol. The Labute approximate surface area is 152 Å². The third-order valence-electron chi connectivity index (χ3n) is 3.90. The van der Waals surface area contributed by atoms with Gasteiger partial charge in [0, 0.05) is 30.4 Å². The van der Waals surface area contributed by atoms with Gasteiger partial charge in [-0.3, -0.25) is 0 Å². The van der Waals surface area contributed by atoms with Crippen LogP contribution in [0.5, 0.6) is 0 Å². The van der Waals surface area contributed by atoms with E-state index in [9.17, 15) is 4.39 Å². The molecule has 0 radical (unpaired) electrons. The van der Waals surface area contributed by atoms with Gasteiger partial charge < -0.3 is 15.2 Å². The average Bonchev–Trinajstić information content (AvgIpc) is 3.10. The first kappa shape index (κ1) is 18.3. The Hall–Kier alpha value is -2.54. The topological polar surface area (TPSA) is 59.3 Å². The third kappa shape index (κ3) is 4.76. The molecule has 0 aliphatic heterocycles. The van der Waals surface area contributed by atoms with E-state index in [1.807, 2.05) is 41.2 Å². The van der Waals surface area contributed by atoms with Crippen molar-refractivity contribution in [1.82, 2.24) is 15.1 Å². The quantitative estimate of drug-likeness (QED) is 0.580. The third-order valence-corrected chi connectivity index (χ3v) is 3.90. The van der Waals surface area contributed by atoms with E-state index in [0.29, 0.717) is 26.3 Å². The van der Waals surface area contributed by atoms with E-state index in [-0.39, 0.29) is 12.4 Å². The Morgan fingerprint density at radius 3 is 2.54 bits per heavy atom. The van der Waals surface area contributed by atoms with Crippen LogP contribution in [0.25, 0.3) is 16.9 Å². The van der Waals surface area contributed by atoms with Gasteiger partial charge in [0.25, 0.3) is 0 Å². The van der Waals surface area contributed by atoms with Gasteiger partial charge in [-0.1, -0.05) is 18.2 Å². The number of hydrogen-bond acceptors (Lipinski definition) is 4. The van der Waals surface area contributed by atoms with E-state index < -0.39 is 0 Å². The number of nitrogens with zero attached hydrogens (tertiary/aromatic N) is 2. The van der Waals surface area contributed by atoms with Gasteiger partial charge in [0.05, 0.1) is 31.2 Å². The molecule has 6 heteroatoms. The summed E-state index contributed by atoms with van der Waals surface area (Å²) >= 11 is 0. The highest BCUT2D eigenvalue weighted by Gasteiger charge is 2.12. The molecule has 0 atom stereocenters. The molecule has 0 aliphatic carbocycles. The predicted molar refractivity (Wildman–Crippen MR) is 98.6 cm³/mol. The van der Waals surface area contributed by atoms with Gasteiger partial charge in [-0.05, 0) is 36.4 Å². The summed E-state index contributed by atoms with van der Waals surface area (Å²) in [4.78, 5) is 0. The van der Waals surface area contributed by atoms with Crippen molar-refractivity contribution in [3.63, 3.8) is 0 Å². The summed E-state index contributed by atoms with van der Waals surface area (Å²) in [5.74, 6) is -0.267. The maximum absolute atomic E-state index is 13.3. The molecule has 0 saturated carbocycles. The van der Waals surface area contributed by atoms with E-state index in [0.717, 1.165) is 22.5 Å². The first-order chi connectivity index (χ1) is 12.8. The van der Waals surface area contributed by atoms with Crippen LogP contribution >= 0.6 is 0 Å². The predicted octanol–water partition coefficient (Wildman–Crippen LogP) is 2.78. The molecular weight excluding hydrogens is 333 g/mol. The fraction of sp³-hybridized carbons (Fsp3) is 0.250. The van der Waals surface area contributed by atoms with Crippen molar-refractivity contribution < 1.29 is 14.2 Å². The molecule has 0 spiro atoms. The Kier molecular flexibility index (Phi) is 6.49. The number of para-hydroxylation sites is 1. The molecule has 5 nitrogen and oxygen atoms in total. The van der Waals surface area contributed by atoms with Gasteiger partial charge in [0.15, 0.2) is 0 Å². The summed E-state index contributed by atoms with van der Waals surface area (Å²) < 4.78 is 20.3. The van der Waals surface area contributed by atoms with Gasteiger partial charge in [-0.25, -0.2) is 9.07 Å². The smallest absolute Gasteiger partial charge is 0.123 e. The molecule has 0 bridgehead atoms. The van der Waals surface area contributed by atoms with Crippen molar-refractivity contribution in [2.45, 2.75) is 6.54 Å². The van der Waals surface area contributed by atoms with Crippen molar-refractivity contribution in [1.29, 1.82) is 0 Å². The summed E-state index contributed by atoms with van der Waals surface area (Å²) in [6.45, 7) is 2.17. The van der Waals surface area contributed by atoms with Crippen LogP contribution in [0.4, 0.5) is 4.39 Å². The van der Waals surface area contributed by atoms with E-state index in [1.54, 1.807) is 12.1 Å². The molecule has 136 valence electrons. The highest BCUT2D eigenvalue weighted by atomic mass is 19.1. The number of hydrogen-bond donors (Lipinski definition) is 2. The summed E-state index contributed by atoms with van der Waals surface area (Å²) in [6, 6.07) is 16.2. The van der Waals surface area contributed by atoms with Crippen LogP contribution in [-0.2, 0) is 11.3 Å². The molecule has 1 aromatic heterocycles. The number of aliphatic hydroxyl groups is 1. The SMILES string of the molecule is OCCOCCNCc1cn(-c2ccccc2)nc1-c1ccc(F)cc1. The summed E-state index contributed by atoms with van der Waals surface area (Å²) in [5, 5.41) is 16.7. The highest BCUT2D eigenvalue weighted by Crippen LogP contribution is 2.24. The van der Waals surface area contributed by atoms with Crippen LogP contribution in [0.2, 0.25) is 0 Å². The lowest BCUT2D eigenvalue weighted by Crippen LogP contribution is -2.20. The Balaban J connectivity index is 1.79. The molecule has 2 aromatic carbocycles. The number of nitrogens with one attached hydrogen (secondary N) is 1. The second-order valence-electron chi connectivity index (χ2n) is 5.80. The molecule has 0 aliphatic rings. The number of rotatable bonds is 9. The molecule has 26 heavy (non-hydrogen) atoms. The Morgan fingerprint density at radius 1 is 1.04 bits per heavy atom. The first-order valence-electron chi connectivity index (χ1n) is 8.57. The van der Waals surface area contributed by atoms with Crippen molar-refractivity contribution >= 4 is 0 Å². The number of aliphatic hydroxyl groups excluding tert-OH is 1. The molecule has 3 rings (SSSR count). The Morgan fingerprint density at radius 2 is 1.81 bits per heavy atom. The average molecular weight is 355 g/mol. The van der Waals surface area contributed by atoms with Crippen molar-refractivity contribution in [2.75, 3.05) is 26.4 Å². The minimum Gasteiger partial charge on any atom is -0.394 e. The van der Waals surface area contributed by atoms with Crippen LogP contribution in [0, 0.1) is 5.82 Å². The van der Waals surface area contributed by atoms with Gasteiger partial charge in [-0.15, -0.1) is 0 Å². The number of ether oxygens (including phenoxy) is 1. The van der Waals surface area contributed by atoms with Crippen molar-refractivity contribution in [2.24, 2.45) is 0 Å². The van der Waals surface area contributed by atoms with Gasteiger partial charge in [0.2, 0.25) is 0 Å². The van der Waals surface area contributed by atoms with Crippen LogP contribution in [0.3, 0.4) is 0 Å². The van der Waals surface area contributed by atoms with Crippen molar-refractivity contribution in [3.05, 3.63) is 72.2 Å². The van der Waals surface area contributed by atoms with Crippen LogP contribution in [-0.4, -0.2) is 41.3 Å². The van der Waals surface area contributed by atoms with E-state index in [1.165, 1.54) is 12.1 Å². The molecule has 1 heterocycles. The van der Waals surface area contributed by atoms with Crippen molar-refractivity contribution in [3.8, 4) is 16.9 Å². The highest BCUT2D eigenvalue weighted by molar-refractivity contribution is 5.63. The fourth-order valence-electron chi connectivity index (χ4n) is 2.64. The lowest BCUT2D eigenvalue weighted by Gasteiger charge is -2.06. The summed E-state index contributed by atoms with van der Waals surface area (Å²) in [6.07, 6.45) is 1.98. The van der Waals surface area contributed by atoms with Crippen LogP contribution < -0.4 is 5.32 Å². The molecule has 0 saturated heterocycles. The summed E-state index contributed by atoms with van der Waals surface area (Å²) in [7, 11) is 0. The Bertz CT molecular complexity index is 804. The summed E-state index contributed by atoms with van der Waals surface area (Å²) in [5.41, 5.74) is 3.67. The zero-order chi connectivity index (χ0) is 18.2. The fourth-order valence-corrected chi connectivity index (χ4v) is 2.64. The zero-order valence-corrected chi connectivity index (χ0v) is 14.4. The lowest BCUT2D eigenvalue weighted by molar-refractivity contribution is 0.0938. The molecule has 0 fully saturated rings. The minimum atomic E-state index is -0.267. The number of benzene rings is 2. The van der Waals surface area contributed by atoms with E-state index >= 15 is 0 Å². The van der Waals surface area contributed by atoms with E-state index in [4.69, 9.17) is 14.9 Å².